The molecule has 130 valence electrons. The van der Waals surface area contributed by atoms with Crippen molar-refractivity contribution in [1.29, 1.82) is 0 Å². The van der Waals surface area contributed by atoms with E-state index in [2.05, 4.69) is 10.3 Å². The van der Waals surface area contributed by atoms with Crippen LogP contribution in [0.4, 0.5) is 0 Å². The van der Waals surface area contributed by atoms with Gasteiger partial charge in [-0.3, -0.25) is 8.98 Å². The molecule has 0 fully saturated rings. The monoisotopic (exact) mass is 352 g/mol. The minimum atomic E-state index is -3.42. The number of nitrogens with one attached hydrogen (secondary N) is 2. The number of aromatic nitrogens is 1. The molecule has 1 amide bonds. The first-order valence-electron chi connectivity index (χ1n) is 7.71. The Morgan fingerprint density at radius 2 is 2.12 bits per heavy atom. The van der Waals surface area contributed by atoms with Gasteiger partial charge in [-0.15, -0.1) is 0 Å². The molecule has 0 saturated carbocycles. The van der Waals surface area contributed by atoms with Gasteiger partial charge in [0.05, 0.1) is 20.0 Å². The van der Waals surface area contributed by atoms with Gasteiger partial charge >= 0.3 is 0 Å². The van der Waals surface area contributed by atoms with Gasteiger partial charge in [0.15, 0.2) is 0 Å². The fourth-order valence-corrected chi connectivity index (χ4v) is 3.45. The van der Waals surface area contributed by atoms with E-state index in [1.54, 1.807) is 7.11 Å². The van der Waals surface area contributed by atoms with Crippen LogP contribution in [-0.2, 0) is 20.7 Å². The number of rotatable bonds is 6. The normalized spacial score (nSPS) is 17.6. The zero-order valence-electron chi connectivity index (χ0n) is 13.6. The molecule has 1 aromatic carbocycles. The molecule has 0 bridgehead atoms. The molecule has 0 radical (unpaired) electrons. The Morgan fingerprint density at radius 3 is 2.83 bits per heavy atom. The summed E-state index contributed by atoms with van der Waals surface area (Å²) in [7, 11) is -1.81. The van der Waals surface area contributed by atoms with Crippen LogP contribution in [-0.4, -0.2) is 45.3 Å². The molecule has 2 heterocycles. The lowest BCUT2D eigenvalue weighted by Gasteiger charge is -2.23. The highest BCUT2D eigenvalue weighted by Crippen LogP contribution is 2.30. The average Bonchev–Trinajstić information content (AvgIpc) is 2.89. The Balaban J connectivity index is 1.75. The molecule has 8 heteroatoms. The molecule has 24 heavy (non-hydrogen) atoms. The van der Waals surface area contributed by atoms with Gasteiger partial charge in [0.1, 0.15) is 11.4 Å². The number of aromatic amines is 1. The lowest BCUT2D eigenvalue weighted by molar-refractivity contribution is 0.0916. The summed E-state index contributed by atoms with van der Waals surface area (Å²) < 4.78 is 31.9. The van der Waals surface area contributed by atoms with Gasteiger partial charge in [-0.05, 0) is 43.0 Å². The van der Waals surface area contributed by atoms with Crippen LogP contribution in [0, 0.1) is 0 Å². The Kier molecular flexibility index (Phi) is 4.51. The molecule has 7 nitrogen and oxygen atoms in total. The van der Waals surface area contributed by atoms with Crippen LogP contribution in [0.5, 0.6) is 5.75 Å². The topological polar surface area (TPSA) is 97.5 Å². The smallest absolute Gasteiger partial charge is 0.268 e. The summed E-state index contributed by atoms with van der Waals surface area (Å²) in [5, 5.41) is 3.94. The summed E-state index contributed by atoms with van der Waals surface area (Å²) in [5.74, 6) is 0.605. The fraction of sp³-hybridized carbons (Fsp3) is 0.438. The van der Waals surface area contributed by atoms with Crippen molar-refractivity contribution in [2.45, 2.75) is 25.3 Å². The Hall–Kier alpha value is -2.06. The van der Waals surface area contributed by atoms with E-state index in [9.17, 15) is 13.2 Å². The van der Waals surface area contributed by atoms with Crippen LogP contribution >= 0.6 is 0 Å². The predicted octanol–water partition coefficient (Wildman–Crippen LogP) is 1.59. The van der Waals surface area contributed by atoms with E-state index < -0.39 is 10.1 Å². The summed E-state index contributed by atoms with van der Waals surface area (Å²) in [5.41, 5.74) is 2.46. The first kappa shape index (κ1) is 16.8. The van der Waals surface area contributed by atoms with Gasteiger partial charge in [0.25, 0.3) is 16.0 Å². The Labute approximate surface area is 140 Å². The Bertz CT molecular complexity index is 872. The number of benzene rings is 1. The number of ether oxygens (including phenoxy) is 1. The fourth-order valence-electron chi connectivity index (χ4n) is 3.03. The third-order valence-corrected chi connectivity index (χ3v) is 4.72. The van der Waals surface area contributed by atoms with E-state index in [0.29, 0.717) is 25.0 Å². The number of fused-ring (bicyclic) bond motifs is 3. The third kappa shape index (κ3) is 3.54. The zero-order chi connectivity index (χ0) is 17.3. The molecule has 2 aromatic rings. The number of hydrogen-bond acceptors (Lipinski definition) is 5. The van der Waals surface area contributed by atoms with E-state index >= 15 is 0 Å². The number of H-pyrrole nitrogens is 1. The minimum absolute atomic E-state index is 0.0432. The van der Waals surface area contributed by atoms with E-state index in [0.717, 1.165) is 28.5 Å². The maximum absolute atomic E-state index is 12.3. The van der Waals surface area contributed by atoms with E-state index in [1.807, 2.05) is 18.2 Å². The van der Waals surface area contributed by atoms with Crippen molar-refractivity contribution < 1.29 is 22.1 Å². The summed E-state index contributed by atoms with van der Waals surface area (Å²) in [6.07, 6.45) is 2.92. The molecule has 1 aromatic heterocycles. The van der Waals surface area contributed by atoms with Crippen molar-refractivity contribution in [3.05, 3.63) is 29.5 Å². The molecular weight excluding hydrogens is 332 g/mol. The van der Waals surface area contributed by atoms with Gasteiger partial charge in [-0.1, -0.05) is 0 Å². The van der Waals surface area contributed by atoms with Crippen molar-refractivity contribution in [3.63, 3.8) is 0 Å². The maximum atomic E-state index is 12.3. The van der Waals surface area contributed by atoms with Crippen molar-refractivity contribution in [3.8, 4) is 5.75 Å². The molecule has 0 spiro atoms. The quantitative estimate of drug-likeness (QED) is 0.608. The summed E-state index contributed by atoms with van der Waals surface area (Å²) in [6.45, 7) is 0.125. The van der Waals surface area contributed by atoms with Gasteiger partial charge < -0.3 is 15.0 Å². The first-order valence-corrected chi connectivity index (χ1v) is 9.53. The van der Waals surface area contributed by atoms with Crippen LogP contribution in [0.2, 0.25) is 0 Å². The number of carbonyl (C=O) groups excluding carboxylic acids is 1. The first-order chi connectivity index (χ1) is 11.4. The van der Waals surface area contributed by atoms with Crippen LogP contribution in [0.3, 0.4) is 0 Å². The molecule has 1 unspecified atom stereocenters. The molecule has 1 atom stereocenters. The van der Waals surface area contributed by atoms with Crippen LogP contribution in [0.15, 0.2) is 18.2 Å². The van der Waals surface area contributed by atoms with Crippen LogP contribution in [0.1, 0.15) is 28.9 Å². The highest BCUT2D eigenvalue weighted by molar-refractivity contribution is 7.85. The second-order valence-corrected chi connectivity index (χ2v) is 7.58. The minimum Gasteiger partial charge on any atom is -0.497 e. The highest BCUT2D eigenvalue weighted by atomic mass is 32.2. The average molecular weight is 352 g/mol. The Morgan fingerprint density at radius 1 is 1.33 bits per heavy atom. The van der Waals surface area contributed by atoms with Gasteiger partial charge in [-0.2, -0.15) is 8.42 Å². The van der Waals surface area contributed by atoms with Crippen LogP contribution in [0.25, 0.3) is 10.9 Å². The van der Waals surface area contributed by atoms with Gasteiger partial charge in [-0.25, -0.2) is 0 Å². The zero-order valence-corrected chi connectivity index (χ0v) is 14.4. The molecule has 1 aliphatic heterocycles. The van der Waals surface area contributed by atoms with Crippen molar-refractivity contribution >= 4 is 26.9 Å². The predicted molar refractivity (Wildman–Crippen MR) is 89.8 cm³/mol. The second kappa shape index (κ2) is 6.45. The summed E-state index contributed by atoms with van der Waals surface area (Å²) in [4.78, 5) is 15.5. The van der Waals surface area contributed by atoms with E-state index in [1.165, 1.54) is 0 Å². The standard InChI is InChI=1S/C16H20N2O5S/c1-22-11-5-6-14-12(9-11)13-8-10(17-16(19)15(13)18-14)4-3-7-23-24(2,20)21/h5-6,9-10,18H,3-4,7-8H2,1-2H3,(H,17,19). The lowest BCUT2D eigenvalue weighted by atomic mass is 9.95. The van der Waals surface area contributed by atoms with Gasteiger partial charge in [0, 0.05) is 16.9 Å². The molecule has 2 N–H and O–H groups in total. The molecule has 0 aliphatic carbocycles. The SMILES string of the molecule is COc1ccc2[nH]c3c(c2c1)CC(CCCOS(C)(=O)=O)NC3=O. The number of amides is 1. The number of methoxy groups -OCH3 is 1. The number of hydrogen-bond donors (Lipinski definition) is 2. The van der Waals surface area contributed by atoms with Crippen molar-refractivity contribution in [2.75, 3.05) is 20.0 Å². The van der Waals surface area contributed by atoms with Crippen molar-refractivity contribution in [1.82, 2.24) is 10.3 Å². The summed E-state index contributed by atoms with van der Waals surface area (Å²) in [6, 6.07) is 5.63. The highest BCUT2D eigenvalue weighted by Gasteiger charge is 2.27. The van der Waals surface area contributed by atoms with Gasteiger partial charge in [0.2, 0.25) is 0 Å². The van der Waals surface area contributed by atoms with Crippen molar-refractivity contribution in [2.24, 2.45) is 0 Å². The molecule has 0 saturated heterocycles. The third-order valence-electron chi connectivity index (χ3n) is 4.12. The second-order valence-electron chi connectivity index (χ2n) is 5.93. The lowest BCUT2D eigenvalue weighted by Crippen LogP contribution is -2.41. The largest absolute Gasteiger partial charge is 0.497 e. The van der Waals surface area contributed by atoms with E-state index in [4.69, 9.17) is 8.92 Å². The summed E-state index contributed by atoms with van der Waals surface area (Å²) >= 11 is 0. The van der Waals surface area contributed by atoms with E-state index in [-0.39, 0.29) is 18.6 Å². The van der Waals surface area contributed by atoms with Crippen LogP contribution < -0.4 is 10.1 Å². The molecule has 3 rings (SSSR count). The molecular formula is C16H20N2O5S. The maximum Gasteiger partial charge on any atom is 0.268 e. The molecule has 1 aliphatic rings. The number of carbonyl (C=O) groups is 1.